The second-order valence-electron chi connectivity index (χ2n) is 4.96. The quantitative estimate of drug-likeness (QED) is 0.350. The average molecular weight is 348 g/mol. The van der Waals surface area contributed by atoms with Crippen molar-refractivity contribution in [2.24, 2.45) is 5.92 Å². The zero-order valence-electron chi connectivity index (χ0n) is 12.5. The maximum atomic E-state index is 11.6. The van der Waals surface area contributed by atoms with Crippen molar-refractivity contribution in [2.75, 3.05) is 6.54 Å². The van der Waals surface area contributed by atoms with Gasteiger partial charge in [-0.1, -0.05) is 37.0 Å². The summed E-state index contributed by atoms with van der Waals surface area (Å²) in [6.07, 6.45) is 0.0212. The van der Waals surface area contributed by atoms with Gasteiger partial charge in [-0.3, -0.25) is 4.79 Å². The van der Waals surface area contributed by atoms with Crippen LogP contribution >= 0.6 is 23.2 Å². The molecule has 1 aromatic rings. The minimum atomic E-state index is -0.671. The number of alkyl carbamates (subject to hydrolysis) is 1. The third-order valence-electron chi connectivity index (χ3n) is 2.62. The van der Waals surface area contributed by atoms with Gasteiger partial charge >= 0.3 is 12.1 Å². The number of alkyl halides is 1. The van der Waals surface area contributed by atoms with E-state index in [0.29, 0.717) is 23.7 Å². The van der Waals surface area contributed by atoms with E-state index < -0.39 is 11.7 Å². The third kappa shape index (κ3) is 7.52. The van der Waals surface area contributed by atoms with Crippen molar-refractivity contribution >= 4 is 35.3 Å². The van der Waals surface area contributed by atoms with Crippen molar-refractivity contribution in [2.45, 2.75) is 32.3 Å². The van der Waals surface area contributed by atoms with E-state index in [0.717, 1.165) is 0 Å². The largest absolute Gasteiger partial charge is 0.430 e. The molecule has 0 radical (unpaired) electrons. The Labute approximate surface area is 139 Å². The summed E-state index contributed by atoms with van der Waals surface area (Å²) in [6.45, 7) is 3.99. The number of carbonyl (C=O) groups excluding carboxylic acids is 2. The molecule has 0 saturated heterocycles. The van der Waals surface area contributed by atoms with Crippen LogP contribution in [0.5, 0.6) is 5.75 Å². The Morgan fingerprint density at radius 2 is 1.86 bits per heavy atom. The lowest BCUT2D eigenvalue weighted by molar-refractivity contribution is -0.134. The van der Waals surface area contributed by atoms with Crippen LogP contribution in [-0.2, 0) is 9.53 Å². The molecule has 1 unspecified atom stereocenters. The van der Waals surface area contributed by atoms with E-state index in [9.17, 15) is 9.59 Å². The Morgan fingerprint density at radius 1 is 1.23 bits per heavy atom. The number of rotatable bonds is 7. The molecular weight excluding hydrogens is 329 g/mol. The van der Waals surface area contributed by atoms with E-state index in [1.54, 1.807) is 24.3 Å². The lowest BCUT2D eigenvalue weighted by atomic mass is 10.2. The second-order valence-corrected chi connectivity index (χ2v) is 5.83. The summed E-state index contributed by atoms with van der Waals surface area (Å²) >= 11 is 11.5. The van der Waals surface area contributed by atoms with Crippen molar-refractivity contribution in [3.63, 3.8) is 0 Å². The molecule has 0 saturated carbocycles. The van der Waals surface area contributed by atoms with Crippen molar-refractivity contribution in [3.05, 3.63) is 29.3 Å². The first-order valence-corrected chi connectivity index (χ1v) is 7.74. The molecule has 0 heterocycles. The summed E-state index contributed by atoms with van der Waals surface area (Å²) in [5, 5.41) is 3.10. The maximum absolute atomic E-state index is 11.6. The normalized spacial score (nSPS) is 11.9. The molecule has 1 N–H and O–H groups in total. The molecule has 1 atom stereocenters. The predicted octanol–water partition coefficient (Wildman–Crippen LogP) is 3.97. The highest BCUT2D eigenvalue weighted by Crippen LogP contribution is 2.16. The third-order valence-corrected chi connectivity index (χ3v) is 3.46. The second kappa shape index (κ2) is 9.54. The molecule has 0 aliphatic carbocycles. The molecule has 0 bridgehead atoms. The van der Waals surface area contributed by atoms with Gasteiger partial charge in [0.2, 0.25) is 0 Å². The van der Waals surface area contributed by atoms with E-state index in [4.69, 9.17) is 32.7 Å². The summed E-state index contributed by atoms with van der Waals surface area (Å²) < 4.78 is 10.0. The fourth-order valence-electron chi connectivity index (χ4n) is 1.39. The van der Waals surface area contributed by atoms with Gasteiger partial charge in [0.25, 0.3) is 0 Å². The van der Waals surface area contributed by atoms with Gasteiger partial charge in [-0.15, -0.1) is 0 Å². The number of hydrogen-bond acceptors (Lipinski definition) is 4. The number of benzene rings is 1. The fourth-order valence-corrected chi connectivity index (χ4v) is 1.60. The molecule has 7 heteroatoms. The van der Waals surface area contributed by atoms with Crippen LogP contribution in [0, 0.1) is 5.92 Å². The first-order chi connectivity index (χ1) is 10.4. The van der Waals surface area contributed by atoms with Gasteiger partial charge in [-0.25, -0.2) is 4.79 Å². The lowest BCUT2D eigenvalue weighted by Crippen LogP contribution is -2.30. The predicted molar refractivity (Wildman–Crippen MR) is 85.3 cm³/mol. The molecule has 1 aromatic carbocycles. The first-order valence-electron chi connectivity index (χ1n) is 6.93. The van der Waals surface area contributed by atoms with E-state index in [2.05, 4.69) is 5.32 Å². The van der Waals surface area contributed by atoms with E-state index >= 15 is 0 Å². The van der Waals surface area contributed by atoms with Gasteiger partial charge in [0.15, 0.2) is 5.56 Å². The molecule has 0 aliphatic rings. The monoisotopic (exact) mass is 347 g/mol. The smallest absolute Gasteiger partial charge is 0.408 e. The highest BCUT2D eigenvalue weighted by atomic mass is 35.5. The van der Waals surface area contributed by atoms with Crippen molar-refractivity contribution in [1.29, 1.82) is 0 Å². The van der Waals surface area contributed by atoms with Crippen LogP contribution in [0.3, 0.4) is 0 Å². The number of halogens is 2. The molecule has 122 valence electrons. The maximum Gasteiger partial charge on any atom is 0.408 e. The Morgan fingerprint density at radius 3 is 2.45 bits per heavy atom. The number of nitrogens with one attached hydrogen (secondary N) is 1. The molecule has 22 heavy (non-hydrogen) atoms. The Balaban J connectivity index is 2.17. The molecule has 5 nitrogen and oxygen atoms in total. The average Bonchev–Trinajstić information content (AvgIpc) is 2.46. The number of ether oxygens (including phenoxy) is 2. The number of carbonyl (C=O) groups is 2. The van der Waals surface area contributed by atoms with Crippen LogP contribution in [-0.4, -0.2) is 24.2 Å². The SMILES string of the molecule is CC(C)C(Cl)OC(=O)NCCCC(=O)Oc1ccc(Cl)cc1. The van der Waals surface area contributed by atoms with Crippen LogP contribution in [0.2, 0.25) is 5.02 Å². The van der Waals surface area contributed by atoms with Gasteiger partial charge in [-0.2, -0.15) is 0 Å². The highest BCUT2D eigenvalue weighted by molar-refractivity contribution is 6.30. The van der Waals surface area contributed by atoms with Crippen LogP contribution in [0.25, 0.3) is 0 Å². The number of esters is 1. The van der Waals surface area contributed by atoms with Gasteiger partial charge in [-0.05, 0) is 30.7 Å². The van der Waals surface area contributed by atoms with Crippen molar-refractivity contribution < 1.29 is 19.1 Å². The Kier molecular flexibility index (Phi) is 8.06. The summed E-state index contributed by atoms with van der Waals surface area (Å²) in [4.78, 5) is 23.0. The molecule has 0 aromatic heterocycles. The Hall–Kier alpha value is -1.46. The molecule has 1 rings (SSSR count). The summed E-state index contributed by atoms with van der Waals surface area (Å²) in [5.41, 5.74) is -0.671. The minimum Gasteiger partial charge on any atom is -0.430 e. The van der Waals surface area contributed by atoms with Crippen molar-refractivity contribution in [1.82, 2.24) is 5.32 Å². The van der Waals surface area contributed by atoms with Crippen LogP contribution in [0.4, 0.5) is 4.79 Å². The molecule has 0 aliphatic heterocycles. The summed E-state index contributed by atoms with van der Waals surface area (Å²) in [5.74, 6) is 0.0837. The van der Waals surface area contributed by atoms with E-state index in [-0.39, 0.29) is 18.3 Å². The van der Waals surface area contributed by atoms with E-state index in [1.807, 2.05) is 13.8 Å². The molecule has 1 amide bonds. The molecular formula is C15H19Cl2NO4. The number of amides is 1. The van der Waals surface area contributed by atoms with Crippen molar-refractivity contribution in [3.8, 4) is 5.75 Å². The zero-order chi connectivity index (χ0) is 16.5. The lowest BCUT2D eigenvalue weighted by Gasteiger charge is -2.14. The number of hydrogen-bond donors (Lipinski definition) is 1. The Bertz CT molecular complexity index is 491. The summed E-state index contributed by atoms with van der Waals surface area (Å²) in [7, 11) is 0. The van der Waals surface area contributed by atoms with Crippen LogP contribution < -0.4 is 10.1 Å². The highest BCUT2D eigenvalue weighted by Gasteiger charge is 2.14. The zero-order valence-corrected chi connectivity index (χ0v) is 14.0. The van der Waals surface area contributed by atoms with Gasteiger partial charge in [0.1, 0.15) is 5.75 Å². The molecule has 0 spiro atoms. The first kappa shape index (κ1) is 18.6. The van der Waals surface area contributed by atoms with E-state index in [1.165, 1.54) is 0 Å². The van der Waals surface area contributed by atoms with Gasteiger partial charge < -0.3 is 14.8 Å². The van der Waals surface area contributed by atoms with Gasteiger partial charge in [0.05, 0.1) is 0 Å². The molecule has 0 fully saturated rings. The minimum absolute atomic E-state index is 0.0294. The summed E-state index contributed by atoms with van der Waals surface area (Å²) in [6, 6.07) is 6.50. The van der Waals surface area contributed by atoms with Crippen LogP contribution in [0.1, 0.15) is 26.7 Å². The fraction of sp³-hybridized carbons (Fsp3) is 0.467. The van der Waals surface area contributed by atoms with Crippen LogP contribution in [0.15, 0.2) is 24.3 Å². The van der Waals surface area contributed by atoms with Gasteiger partial charge in [0, 0.05) is 23.9 Å². The topological polar surface area (TPSA) is 64.6 Å². The standard InChI is InChI=1S/C15H19Cl2NO4/c1-10(2)14(17)22-15(20)18-9-3-4-13(19)21-12-7-5-11(16)6-8-12/h5-8,10,14H,3-4,9H2,1-2H3,(H,18,20).